The molecule has 5 rings (SSSR count). The number of alkyl carbamates (subject to hydrolysis) is 1. The molecule has 14 nitrogen and oxygen atoms in total. The number of aromatic nitrogens is 2. The van der Waals surface area contributed by atoms with Crippen molar-refractivity contribution in [3.63, 3.8) is 0 Å². The Morgan fingerprint density at radius 1 is 1.04 bits per heavy atom. The smallest absolute Gasteiger partial charge is 0.408 e. The van der Waals surface area contributed by atoms with Gasteiger partial charge in [-0.15, -0.1) is 16.4 Å². The van der Waals surface area contributed by atoms with Crippen LogP contribution in [0.4, 0.5) is 15.4 Å². The largest absolute Gasteiger partial charge is 1.00 e. The van der Waals surface area contributed by atoms with Crippen LogP contribution in [-0.2, 0) is 35.1 Å². The van der Waals surface area contributed by atoms with E-state index in [1.807, 2.05) is 67.6 Å². The molecule has 2 aromatic carbocycles. The Morgan fingerprint density at radius 3 is 2.20 bits per heavy atom. The first-order chi connectivity index (χ1) is 22.9. The van der Waals surface area contributed by atoms with E-state index in [9.17, 15) is 24.0 Å². The van der Waals surface area contributed by atoms with Crippen LogP contribution >= 0.6 is 11.8 Å². The van der Waals surface area contributed by atoms with Gasteiger partial charge in [0, 0.05) is 0 Å². The summed E-state index contributed by atoms with van der Waals surface area (Å²) >= 11 is 1.34. The molecule has 0 aliphatic carbocycles. The zero-order chi connectivity index (χ0) is 34.6. The third-order valence-electron chi connectivity index (χ3n) is 7.45. The Morgan fingerprint density at radius 2 is 1.65 bits per heavy atom. The summed E-state index contributed by atoms with van der Waals surface area (Å²) < 4.78 is 19.7. The molecule has 16 heteroatoms. The van der Waals surface area contributed by atoms with Crippen LogP contribution in [0.25, 0.3) is 5.70 Å². The number of benzene rings is 2. The second-order valence-electron chi connectivity index (χ2n) is 12.0. The van der Waals surface area contributed by atoms with E-state index in [1.165, 1.54) is 16.7 Å². The Balaban J connectivity index is 0.00000541. The fourth-order valence-corrected chi connectivity index (χ4v) is 6.96. The number of carbonyl (C=O) groups excluding carboxylic acids is 5. The van der Waals surface area contributed by atoms with Gasteiger partial charge in [-0.1, -0.05) is 60.7 Å². The number of hydrogen-bond acceptors (Lipinski definition) is 9. The van der Waals surface area contributed by atoms with Crippen molar-refractivity contribution in [2.75, 3.05) is 11.9 Å². The zero-order valence-electron chi connectivity index (χ0n) is 27.2. The average Bonchev–Trinajstić information content (AvgIpc) is 3.42. The molecule has 49 heavy (non-hydrogen) atoms. The molecule has 0 spiro atoms. The number of β-lactam (4-membered cyclic amide) rings is 1. The maximum absolute atomic E-state index is 14.5. The topological polar surface area (TPSA) is 175 Å². The molecular weight excluding hydrogens is 767 g/mol. The van der Waals surface area contributed by atoms with Crippen molar-refractivity contribution in [3.05, 3.63) is 89.8 Å². The maximum Gasteiger partial charge on any atom is 0.408 e. The SMILES string of the molecule is CC1S[C@@H]2[C@H](NC(=O)OC(C)(C)C)C(=O)N2C(C(=O)OC(c2ccccc2)c2ccccc2)=C1n1ccc(NC(N)=O)[n+]1CCOC=O.[I-]. The number of thioether (sulfide) groups is 1. The van der Waals surface area contributed by atoms with Crippen molar-refractivity contribution in [1.82, 2.24) is 14.9 Å². The summed E-state index contributed by atoms with van der Waals surface area (Å²) in [6, 6.07) is 18.2. The molecular formula is C33H37IN6O8S. The second kappa shape index (κ2) is 15.8. The van der Waals surface area contributed by atoms with Gasteiger partial charge < -0.3 is 49.2 Å². The number of amides is 4. The molecule has 260 valence electrons. The first-order valence-corrected chi connectivity index (χ1v) is 16.1. The number of nitrogens with one attached hydrogen (secondary N) is 2. The minimum absolute atomic E-state index is 0. The lowest BCUT2D eigenvalue weighted by atomic mass is 10.0. The van der Waals surface area contributed by atoms with Crippen molar-refractivity contribution in [3.8, 4) is 0 Å². The molecule has 2 aliphatic heterocycles. The normalized spacial score (nSPS) is 18.4. The van der Waals surface area contributed by atoms with E-state index in [-0.39, 0.29) is 48.6 Å². The molecule has 1 aromatic heterocycles. The zero-order valence-corrected chi connectivity index (χ0v) is 30.2. The second-order valence-corrected chi connectivity index (χ2v) is 13.4. The number of ether oxygens (including phenoxy) is 3. The lowest BCUT2D eigenvalue weighted by Gasteiger charge is -2.51. The van der Waals surface area contributed by atoms with Gasteiger partial charge in [0.1, 0.15) is 35.9 Å². The summed E-state index contributed by atoms with van der Waals surface area (Å²) in [4.78, 5) is 65.1. The first kappa shape index (κ1) is 37.2. The number of urea groups is 1. The first-order valence-electron chi connectivity index (χ1n) is 15.2. The molecule has 4 amide bonds. The summed E-state index contributed by atoms with van der Waals surface area (Å²) in [5.41, 5.74) is 6.35. The van der Waals surface area contributed by atoms with Crippen molar-refractivity contribution >= 4 is 53.7 Å². The molecule has 3 aromatic rings. The van der Waals surface area contributed by atoms with Gasteiger partial charge in [-0.25, -0.2) is 14.4 Å². The van der Waals surface area contributed by atoms with Crippen LogP contribution in [0.1, 0.15) is 44.9 Å². The molecule has 4 N–H and O–H groups in total. The van der Waals surface area contributed by atoms with Crippen LogP contribution < -0.4 is 45.0 Å². The molecule has 0 bridgehead atoms. The molecule has 3 atom stereocenters. The Bertz CT molecular complexity index is 1690. The van der Waals surface area contributed by atoms with Crippen LogP contribution in [0, 0.1) is 0 Å². The van der Waals surface area contributed by atoms with Crippen molar-refractivity contribution in [1.29, 1.82) is 0 Å². The lowest BCUT2D eigenvalue weighted by molar-refractivity contribution is -0.753. The fourth-order valence-electron chi connectivity index (χ4n) is 5.52. The van der Waals surface area contributed by atoms with Crippen molar-refractivity contribution < 1.29 is 66.8 Å². The molecule has 1 unspecified atom stereocenters. The van der Waals surface area contributed by atoms with E-state index in [2.05, 4.69) is 10.6 Å². The van der Waals surface area contributed by atoms with E-state index in [4.69, 9.17) is 19.9 Å². The number of anilines is 1. The van der Waals surface area contributed by atoms with Gasteiger partial charge in [0.05, 0.1) is 17.5 Å². The Hall–Kier alpha value is -4.58. The summed E-state index contributed by atoms with van der Waals surface area (Å²) in [6.07, 6.45) is 0.00838. The number of rotatable bonds is 11. The predicted octanol–water partition coefficient (Wildman–Crippen LogP) is 0.142. The number of nitrogens with two attached hydrogens (primary N) is 1. The highest BCUT2D eigenvalue weighted by Gasteiger charge is 2.57. The number of nitrogens with zero attached hydrogens (tertiary/aromatic N) is 3. The molecule has 0 saturated carbocycles. The third kappa shape index (κ3) is 8.36. The quantitative estimate of drug-likeness (QED) is 0.0464. The number of esters is 1. The number of carbonyl (C=O) groups is 5. The van der Waals surface area contributed by atoms with Gasteiger partial charge in [-0.2, -0.15) is 10.00 Å². The molecule has 0 radical (unpaired) electrons. The van der Waals surface area contributed by atoms with E-state index in [1.54, 1.807) is 42.4 Å². The molecule has 1 fully saturated rings. The van der Waals surface area contributed by atoms with Gasteiger partial charge in [0.25, 0.3) is 12.4 Å². The standard InChI is InChI=1S/C33H36N6O8S.HI/c1-20-25(38-16-15-23(35-31(34)43)37(38)17-18-45-19-40)26(39-28(41)24(29(39)48-20)36-32(44)47-33(2,3)4)30(42)46-27(21-11-7-5-8-12-21)22-13-9-6-10-14-22;/h5-16,19-20,24,27,29H,17-18H2,1-4H3,(H3,34,36,43,44);1H/t20?,24-,29-;/m1./s1. The van der Waals surface area contributed by atoms with Crippen LogP contribution in [0.5, 0.6) is 0 Å². The average molecular weight is 805 g/mol. The summed E-state index contributed by atoms with van der Waals surface area (Å²) in [5.74, 6) is -1.08. The molecule has 3 heterocycles. The highest BCUT2D eigenvalue weighted by Crippen LogP contribution is 2.46. The van der Waals surface area contributed by atoms with Crippen molar-refractivity contribution in [2.45, 2.75) is 62.6 Å². The monoisotopic (exact) mass is 804 g/mol. The number of fused-ring (bicyclic) bond motifs is 1. The Kier molecular flexibility index (Phi) is 12.0. The number of primary amides is 1. The summed E-state index contributed by atoms with van der Waals surface area (Å²) in [6.45, 7) is 7.27. The summed E-state index contributed by atoms with van der Waals surface area (Å²) in [7, 11) is 0. The predicted molar refractivity (Wildman–Crippen MR) is 175 cm³/mol. The third-order valence-corrected chi connectivity index (χ3v) is 8.84. The molecule has 1 saturated heterocycles. The van der Waals surface area contributed by atoms with Crippen LogP contribution in [0.15, 0.2) is 78.6 Å². The van der Waals surface area contributed by atoms with Crippen molar-refractivity contribution in [2.24, 2.45) is 5.73 Å². The van der Waals surface area contributed by atoms with Crippen LogP contribution in [0.3, 0.4) is 0 Å². The maximum atomic E-state index is 14.5. The number of halogens is 1. The highest BCUT2D eigenvalue weighted by molar-refractivity contribution is 8.01. The summed E-state index contributed by atoms with van der Waals surface area (Å²) in [5, 5.41) is 4.05. The lowest BCUT2D eigenvalue weighted by Crippen LogP contribution is -3.00. The van der Waals surface area contributed by atoms with E-state index in [0.29, 0.717) is 23.3 Å². The van der Waals surface area contributed by atoms with E-state index in [0.717, 1.165) is 0 Å². The van der Waals surface area contributed by atoms with Gasteiger partial charge in [-0.3, -0.25) is 14.5 Å². The fraction of sp³-hybridized carbons (Fsp3) is 0.333. The Labute approximate surface area is 304 Å². The van der Waals surface area contributed by atoms with Gasteiger partial charge in [0.2, 0.25) is 0 Å². The van der Waals surface area contributed by atoms with Gasteiger partial charge in [-0.05, 0) is 38.8 Å². The van der Waals surface area contributed by atoms with E-state index >= 15 is 0 Å². The van der Waals surface area contributed by atoms with E-state index < -0.39 is 52.4 Å². The van der Waals surface area contributed by atoms with Crippen LogP contribution in [-0.4, -0.2) is 68.9 Å². The highest BCUT2D eigenvalue weighted by atomic mass is 127. The van der Waals surface area contributed by atoms with Gasteiger partial charge in [0.15, 0.2) is 11.8 Å². The number of hydrogen-bond donors (Lipinski definition) is 3. The van der Waals surface area contributed by atoms with Crippen LogP contribution in [0.2, 0.25) is 0 Å². The molecule has 2 aliphatic rings. The minimum Gasteiger partial charge on any atom is -1.00 e. The minimum atomic E-state index is -0.972. The van der Waals surface area contributed by atoms with Gasteiger partial charge >= 0.3 is 23.9 Å².